The van der Waals surface area contributed by atoms with Crippen molar-refractivity contribution in [1.82, 2.24) is 4.47 Å². The summed E-state index contributed by atoms with van der Waals surface area (Å²) in [4.78, 5) is 12.4. The lowest BCUT2D eigenvalue weighted by molar-refractivity contribution is -0.0503. The third-order valence-electron chi connectivity index (χ3n) is 5.17. The molecule has 0 saturated carbocycles. The maximum atomic E-state index is 13.1. The highest BCUT2D eigenvalue weighted by atomic mass is 32.2. The third kappa shape index (κ3) is 6.14. The van der Waals surface area contributed by atoms with E-state index in [1.54, 1.807) is 30.3 Å². The molecule has 0 fully saturated rings. The number of hydrogen-bond donors (Lipinski definition) is 2. The Labute approximate surface area is 179 Å². The van der Waals surface area contributed by atoms with E-state index in [2.05, 4.69) is 26.1 Å². The fourth-order valence-electron chi connectivity index (χ4n) is 3.62. The fraction of sp³-hybridized carbons (Fsp3) is 0.435. The molecule has 6 nitrogen and oxygen atoms in total. The van der Waals surface area contributed by atoms with Crippen LogP contribution in [0.1, 0.15) is 63.7 Å². The lowest BCUT2D eigenvalue weighted by Gasteiger charge is -2.32. The molecule has 0 bridgehead atoms. The Morgan fingerprint density at radius 2 is 1.77 bits per heavy atom. The number of rotatable bonds is 10. The van der Waals surface area contributed by atoms with Gasteiger partial charge in [0.2, 0.25) is 0 Å². The van der Waals surface area contributed by atoms with Gasteiger partial charge < -0.3 is 5.32 Å². The molecule has 0 heterocycles. The smallest absolute Gasteiger partial charge is 0.265 e. The van der Waals surface area contributed by atoms with Crippen molar-refractivity contribution in [3.63, 3.8) is 0 Å². The molecule has 2 N–H and O–H groups in total. The monoisotopic (exact) mass is 432 g/mol. The summed E-state index contributed by atoms with van der Waals surface area (Å²) in [6.45, 7) is 8.10. The summed E-state index contributed by atoms with van der Waals surface area (Å²) >= 11 is 0. The molecule has 30 heavy (non-hydrogen) atoms. The Hall–Kier alpha value is -2.22. The van der Waals surface area contributed by atoms with Gasteiger partial charge in [-0.25, -0.2) is 8.42 Å². The Morgan fingerprint density at radius 3 is 2.37 bits per heavy atom. The number of carbonyl (C=O) groups excluding carboxylic acids is 1. The molecule has 1 atom stereocenters. The van der Waals surface area contributed by atoms with Crippen LogP contribution in [-0.2, 0) is 10.0 Å². The van der Waals surface area contributed by atoms with Gasteiger partial charge in [0, 0.05) is 11.3 Å². The van der Waals surface area contributed by atoms with E-state index in [1.807, 2.05) is 13.0 Å². The number of para-hydroxylation sites is 1. The molecule has 1 amide bonds. The first-order valence-corrected chi connectivity index (χ1v) is 11.7. The molecule has 164 valence electrons. The van der Waals surface area contributed by atoms with Crippen LogP contribution in [-0.4, -0.2) is 30.0 Å². The summed E-state index contributed by atoms with van der Waals surface area (Å²) in [5, 5.41) is 13.4. The maximum absolute atomic E-state index is 13.1. The second-order valence-corrected chi connectivity index (χ2v) is 10.1. The van der Waals surface area contributed by atoms with E-state index in [4.69, 9.17) is 0 Å². The van der Waals surface area contributed by atoms with E-state index in [0.717, 1.165) is 12.8 Å². The highest BCUT2D eigenvalue weighted by Crippen LogP contribution is 2.32. The molecule has 2 aromatic rings. The summed E-state index contributed by atoms with van der Waals surface area (Å²) in [6.07, 6.45) is 2.95. The van der Waals surface area contributed by atoms with Gasteiger partial charge in [0.05, 0.1) is 10.9 Å². The Balaban J connectivity index is 2.24. The molecule has 0 aliphatic rings. The van der Waals surface area contributed by atoms with Gasteiger partial charge in [-0.15, -0.1) is 0 Å². The van der Waals surface area contributed by atoms with Gasteiger partial charge in [-0.3, -0.25) is 10.0 Å². The van der Waals surface area contributed by atoms with Crippen LogP contribution < -0.4 is 5.32 Å². The van der Waals surface area contributed by atoms with Crippen molar-refractivity contribution >= 4 is 21.6 Å². The van der Waals surface area contributed by atoms with Crippen LogP contribution in [0.4, 0.5) is 5.69 Å². The van der Waals surface area contributed by atoms with Crippen molar-refractivity contribution < 1.29 is 18.4 Å². The third-order valence-corrected chi connectivity index (χ3v) is 6.81. The van der Waals surface area contributed by atoms with Crippen molar-refractivity contribution in [3.8, 4) is 0 Å². The SMILES string of the molecule is CCCC(C)(C)CC(CC)N(O)S(=O)(=O)c1cccc(C(=O)Nc2ccccc2)c1. The van der Waals surface area contributed by atoms with Gasteiger partial charge in [-0.05, 0) is 55.0 Å². The molecule has 0 saturated heterocycles. The second-order valence-electron chi connectivity index (χ2n) is 8.31. The van der Waals surface area contributed by atoms with Crippen LogP contribution in [0.3, 0.4) is 0 Å². The number of amides is 1. The summed E-state index contributed by atoms with van der Waals surface area (Å²) in [7, 11) is -4.16. The number of nitrogens with one attached hydrogen (secondary N) is 1. The lowest BCUT2D eigenvalue weighted by Crippen LogP contribution is -2.40. The van der Waals surface area contributed by atoms with Crippen molar-refractivity contribution in [2.24, 2.45) is 5.41 Å². The fourth-order valence-corrected chi connectivity index (χ4v) is 4.98. The largest absolute Gasteiger partial charge is 0.322 e. The molecule has 0 aromatic heterocycles. The molecule has 0 spiro atoms. The van der Waals surface area contributed by atoms with E-state index in [0.29, 0.717) is 23.0 Å². The van der Waals surface area contributed by atoms with Gasteiger partial charge in [0.25, 0.3) is 15.9 Å². The van der Waals surface area contributed by atoms with Crippen molar-refractivity contribution in [3.05, 3.63) is 60.2 Å². The zero-order chi connectivity index (χ0) is 22.4. The lowest BCUT2D eigenvalue weighted by atomic mass is 9.81. The van der Waals surface area contributed by atoms with Crippen LogP contribution in [0, 0.1) is 5.41 Å². The van der Waals surface area contributed by atoms with Crippen LogP contribution in [0.5, 0.6) is 0 Å². The molecule has 1 unspecified atom stereocenters. The van der Waals surface area contributed by atoms with E-state index in [1.165, 1.54) is 18.2 Å². The summed E-state index contributed by atoms with van der Waals surface area (Å²) in [6, 6.07) is 14.1. The first-order valence-electron chi connectivity index (χ1n) is 10.3. The minimum Gasteiger partial charge on any atom is -0.322 e. The minimum absolute atomic E-state index is 0.0939. The zero-order valence-electron chi connectivity index (χ0n) is 18.1. The topological polar surface area (TPSA) is 86.7 Å². The Morgan fingerprint density at radius 1 is 1.10 bits per heavy atom. The van der Waals surface area contributed by atoms with Crippen LogP contribution in [0.25, 0.3) is 0 Å². The summed E-state index contributed by atoms with van der Waals surface area (Å²) in [5.41, 5.74) is 0.722. The first kappa shape index (κ1) is 24.1. The van der Waals surface area contributed by atoms with Crippen molar-refractivity contribution in [2.75, 3.05) is 5.32 Å². The average molecular weight is 433 g/mol. The normalized spacial score (nSPS) is 13.3. The minimum atomic E-state index is -4.16. The second kappa shape index (κ2) is 10.2. The van der Waals surface area contributed by atoms with Gasteiger partial charge in [-0.2, -0.15) is 0 Å². The standard InChI is InChI=1S/C23H32N2O4S/c1-5-15-23(3,4)17-20(6-2)25(27)30(28,29)21-14-10-11-18(16-21)22(26)24-19-12-8-7-9-13-19/h7-14,16,20,27H,5-6,15,17H2,1-4H3,(H,24,26). The number of carbonyl (C=O) groups is 1. The first-order chi connectivity index (χ1) is 14.1. The molecule has 2 rings (SSSR count). The van der Waals surface area contributed by atoms with Crippen molar-refractivity contribution in [2.45, 2.75) is 64.3 Å². The average Bonchev–Trinajstić information content (AvgIpc) is 2.72. The molecule has 7 heteroatoms. The van der Waals surface area contributed by atoms with Gasteiger partial charge in [0.1, 0.15) is 0 Å². The number of benzene rings is 2. The zero-order valence-corrected chi connectivity index (χ0v) is 18.9. The Bertz CT molecular complexity index is 943. The summed E-state index contributed by atoms with van der Waals surface area (Å²) in [5.74, 6) is -0.418. The molecular formula is C23H32N2O4S. The van der Waals surface area contributed by atoms with Crippen LogP contribution in [0.2, 0.25) is 0 Å². The van der Waals surface area contributed by atoms with Gasteiger partial charge >= 0.3 is 0 Å². The Kier molecular flexibility index (Phi) is 8.18. The number of sulfonamides is 1. The summed E-state index contributed by atoms with van der Waals surface area (Å²) < 4.78 is 26.6. The number of hydroxylamine groups is 1. The van der Waals surface area contributed by atoms with Crippen LogP contribution in [0.15, 0.2) is 59.5 Å². The number of anilines is 1. The van der Waals surface area contributed by atoms with E-state index >= 15 is 0 Å². The molecule has 2 aromatic carbocycles. The number of nitrogens with zero attached hydrogens (tertiary/aromatic N) is 1. The predicted octanol–water partition coefficient (Wildman–Crippen LogP) is 5.31. The quantitative estimate of drug-likeness (QED) is 0.498. The number of hydrogen-bond acceptors (Lipinski definition) is 4. The molecule has 0 aliphatic carbocycles. The maximum Gasteiger partial charge on any atom is 0.265 e. The molecule has 0 aliphatic heterocycles. The highest BCUT2D eigenvalue weighted by molar-refractivity contribution is 7.89. The van der Waals surface area contributed by atoms with Crippen molar-refractivity contribution in [1.29, 1.82) is 0 Å². The van der Waals surface area contributed by atoms with E-state index in [9.17, 15) is 18.4 Å². The van der Waals surface area contributed by atoms with Gasteiger partial charge in [0.15, 0.2) is 0 Å². The predicted molar refractivity (Wildman–Crippen MR) is 119 cm³/mol. The molecule has 0 radical (unpaired) electrons. The van der Waals surface area contributed by atoms with Gasteiger partial charge in [-0.1, -0.05) is 62.8 Å². The molecular weight excluding hydrogens is 400 g/mol. The van der Waals surface area contributed by atoms with E-state index < -0.39 is 22.0 Å². The highest BCUT2D eigenvalue weighted by Gasteiger charge is 2.33. The van der Waals surface area contributed by atoms with E-state index in [-0.39, 0.29) is 15.9 Å². The van der Waals surface area contributed by atoms with Crippen LogP contribution >= 0.6 is 0 Å².